The van der Waals surface area contributed by atoms with Gasteiger partial charge in [-0.2, -0.15) is 0 Å². The van der Waals surface area contributed by atoms with Gasteiger partial charge in [0.05, 0.1) is 12.0 Å². The minimum Gasteiger partial charge on any atom is -0.486 e. The molecule has 0 N–H and O–H groups in total. The largest absolute Gasteiger partial charge is 0.486 e. The SMILES string of the molecule is CC(=O)N1CCC(C(=O)N2CCC3(CC2)CC(=O)c2cc(C)c(C)cc2O3)CC1. The van der Waals surface area contributed by atoms with Gasteiger partial charge in [-0.3, -0.25) is 14.4 Å². The Morgan fingerprint density at radius 2 is 1.62 bits per heavy atom. The highest BCUT2D eigenvalue weighted by Gasteiger charge is 2.44. The molecule has 6 nitrogen and oxygen atoms in total. The molecular weight excluding hydrogens is 368 g/mol. The second-order valence-electron chi connectivity index (χ2n) is 8.92. The Balaban J connectivity index is 1.39. The van der Waals surface area contributed by atoms with Gasteiger partial charge in [0.2, 0.25) is 11.8 Å². The summed E-state index contributed by atoms with van der Waals surface area (Å²) in [7, 11) is 0. The number of nitrogens with zero attached hydrogens (tertiary/aromatic N) is 2. The van der Waals surface area contributed by atoms with E-state index in [0.717, 1.165) is 24.0 Å². The number of hydrogen-bond donors (Lipinski definition) is 0. The Bertz CT molecular complexity index is 847. The van der Waals surface area contributed by atoms with Crippen molar-refractivity contribution < 1.29 is 19.1 Å². The van der Waals surface area contributed by atoms with Crippen molar-refractivity contribution in [3.05, 3.63) is 28.8 Å². The van der Waals surface area contributed by atoms with Gasteiger partial charge in [-0.25, -0.2) is 0 Å². The van der Waals surface area contributed by atoms with Crippen LogP contribution in [-0.2, 0) is 9.59 Å². The molecule has 1 aromatic carbocycles. The molecule has 1 aromatic rings. The van der Waals surface area contributed by atoms with Crippen molar-refractivity contribution in [1.29, 1.82) is 0 Å². The summed E-state index contributed by atoms with van der Waals surface area (Å²) >= 11 is 0. The minimum absolute atomic E-state index is 0.0000862. The Hall–Kier alpha value is -2.37. The smallest absolute Gasteiger partial charge is 0.225 e. The van der Waals surface area contributed by atoms with E-state index < -0.39 is 5.60 Å². The molecule has 0 bridgehead atoms. The molecule has 6 heteroatoms. The van der Waals surface area contributed by atoms with E-state index in [2.05, 4.69) is 0 Å². The number of ether oxygens (including phenoxy) is 1. The van der Waals surface area contributed by atoms with Crippen LogP contribution in [0.15, 0.2) is 12.1 Å². The van der Waals surface area contributed by atoms with E-state index in [0.29, 0.717) is 56.8 Å². The Morgan fingerprint density at radius 1 is 1.00 bits per heavy atom. The summed E-state index contributed by atoms with van der Waals surface area (Å²) in [6, 6.07) is 3.91. The third kappa shape index (κ3) is 3.77. The first kappa shape index (κ1) is 19.9. The molecule has 29 heavy (non-hydrogen) atoms. The fourth-order valence-corrected chi connectivity index (χ4v) is 4.86. The molecular formula is C23H30N2O4. The number of benzene rings is 1. The van der Waals surface area contributed by atoms with Crippen molar-refractivity contribution in [1.82, 2.24) is 9.80 Å². The average molecular weight is 399 g/mol. The first-order chi connectivity index (χ1) is 13.8. The van der Waals surface area contributed by atoms with Gasteiger partial charge in [-0.1, -0.05) is 0 Å². The lowest BCUT2D eigenvalue weighted by molar-refractivity contribution is -0.143. The van der Waals surface area contributed by atoms with E-state index in [-0.39, 0.29) is 23.5 Å². The number of carbonyl (C=O) groups excluding carboxylic acids is 3. The molecule has 2 amide bonds. The van der Waals surface area contributed by atoms with Crippen LogP contribution in [-0.4, -0.2) is 59.2 Å². The van der Waals surface area contributed by atoms with E-state index >= 15 is 0 Å². The van der Waals surface area contributed by atoms with Crippen LogP contribution >= 0.6 is 0 Å². The van der Waals surface area contributed by atoms with E-state index in [4.69, 9.17) is 4.74 Å². The van der Waals surface area contributed by atoms with Crippen molar-refractivity contribution in [3.63, 3.8) is 0 Å². The lowest BCUT2D eigenvalue weighted by Crippen LogP contribution is -2.54. The highest BCUT2D eigenvalue weighted by molar-refractivity contribution is 6.00. The highest BCUT2D eigenvalue weighted by Crippen LogP contribution is 2.40. The quantitative estimate of drug-likeness (QED) is 0.730. The van der Waals surface area contributed by atoms with Gasteiger partial charge in [-0.15, -0.1) is 0 Å². The third-order valence-corrected chi connectivity index (χ3v) is 6.98. The zero-order valence-corrected chi connectivity index (χ0v) is 17.6. The zero-order valence-electron chi connectivity index (χ0n) is 17.6. The summed E-state index contributed by atoms with van der Waals surface area (Å²) in [5.74, 6) is 1.11. The third-order valence-electron chi connectivity index (χ3n) is 6.98. The van der Waals surface area contributed by atoms with E-state index in [1.54, 1.807) is 6.92 Å². The molecule has 2 fully saturated rings. The average Bonchev–Trinajstić information content (AvgIpc) is 2.70. The molecule has 0 atom stereocenters. The first-order valence-electron chi connectivity index (χ1n) is 10.7. The molecule has 0 unspecified atom stereocenters. The standard InChI is InChI=1S/C23H30N2O4/c1-15-12-19-20(27)14-23(29-21(19)13-16(15)2)6-10-25(11-7-23)22(28)18-4-8-24(9-5-18)17(3)26/h12-13,18H,4-11,14H2,1-3H3. The van der Waals surface area contributed by atoms with Crippen LogP contribution in [0.4, 0.5) is 0 Å². The van der Waals surface area contributed by atoms with Gasteiger partial charge < -0.3 is 14.5 Å². The number of carbonyl (C=O) groups is 3. The fourth-order valence-electron chi connectivity index (χ4n) is 4.86. The van der Waals surface area contributed by atoms with Crippen LogP contribution in [0, 0.1) is 19.8 Å². The predicted octanol–water partition coefficient (Wildman–Crippen LogP) is 2.89. The van der Waals surface area contributed by atoms with E-state index in [9.17, 15) is 14.4 Å². The maximum Gasteiger partial charge on any atom is 0.225 e. The molecule has 0 aromatic heterocycles. The number of amides is 2. The molecule has 156 valence electrons. The Labute approximate surface area is 172 Å². The number of rotatable bonds is 1. The Morgan fingerprint density at radius 3 is 2.24 bits per heavy atom. The molecule has 0 radical (unpaired) electrons. The molecule has 3 heterocycles. The monoisotopic (exact) mass is 398 g/mol. The van der Waals surface area contributed by atoms with Crippen LogP contribution in [0.3, 0.4) is 0 Å². The first-order valence-corrected chi connectivity index (χ1v) is 10.7. The van der Waals surface area contributed by atoms with Crippen LogP contribution in [0.1, 0.15) is 60.5 Å². The number of ketones is 1. The molecule has 1 spiro atoms. The number of Topliss-reactive ketones (excluding diaryl/α,β-unsaturated/α-hetero) is 1. The lowest BCUT2D eigenvalue weighted by atomic mass is 9.81. The number of hydrogen-bond acceptors (Lipinski definition) is 4. The molecule has 2 saturated heterocycles. The highest BCUT2D eigenvalue weighted by atomic mass is 16.5. The topological polar surface area (TPSA) is 66.9 Å². The molecule has 0 aliphatic carbocycles. The second kappa shape index (κ2) is 7.47. The normalized spacial score (nSPS) is 21.7. The number of fused-ring (bicyclic) bond motifs is 1. The summed E-state index contributed by atoms with van der Waals surface area (Å²) < 4.78 is 6.38. The Kier molecular flexibility index (Phi) is 5.13. The van der Waals surface area contributed by atoms with Crippen LogP contribution in [0.25, 0.3) is 0 Å². The van der Waals surface area contributed by atoms with Gasteiger partial charge in [0, 0.05) is 51.9 Å². The lowest BCUT2D eigenvalue weighted by Gasteiger charge is -2.45. The predicted molar refractivity (Wildman–Crippen MR) is 109 cm³/mol. The molecule has 4 rings (SSSR count). The summed E-state index contributed by atoms with van der Waals surface area (Å²) in [5, 5.41) is 0. The van der Waals surface area contributed by atoms with Crippen molar-refractivity contribution in [2.45, 2.75) is 58.5 Å². The van der Waals surface area contributed by atoms with E-state index in [1.807, 2.05) is 35.8 Å². The van der Waals surface area contributed by atoms with Crippen LogP contribution in [0.5, 0.6) is 5.75 Å². The van der Waals surface area contributed by atoms with Crippen molar-refractivity contribution >= 4 is 17.6 Å². The van der Waals surface area contributed by atoms with Gasteiger partial charge >= 0.3 is 0 Å². The second-order valence-corrected chi connectivity index (χ2v) is 8.92. The summed E-state index contributed by atoms with van der Waals surface area (Å²) in [4.78, 5) is 41.0. The number of aryl methyl sites for hydroxylation is 2. The van der Waals surface area contributed by atoms with Crippen molar-refractivity contribution in [2.75, 3.05) is 26.2 Å². The molecule has 3 aliphatic heterocycles. The maximum atomic E-state index is 13.0. The minimum atomic E-state index is -0.486. The number of piperidine rings is 2. The number of likely N-dealkylation sites (tertiary alicyclic amines) is 2. The maximum absolute atomic E-state index is 13.0. The fraction of sp³-hybridized carbons (Fsp3) is 0.609. The van der Waals surface area contributed by atoms with Crippen LogP contribution in [0.2, 0.25) is 0 Å². The summed E-state index contributed by atoms with van der Waals surface area (Å²) in [5.41, 5.74) is 2.43. The molecule has 3 aliphatic rings. The van der Waals surface area contributed by atoms with Crippen LogP contribution < -0.4 is 4.74 Å². The van der Waals surface area contributed by atoms with E-state index in [1.165, 1.54) is 0 Å². The van der Waals surface area contributed by atoms with Gasteiger partial charge in [0.25, 0.3) is 0 Å². The molecule has 0 saturated carbocycles. The van der Waals surface area contributed by atoms with Crippen molar-refractivity contribution in [2.24, 2.45) is 5.92 Å². The summed E-state index contributed by atoms with van der Waals surface area (Å²) in [6.45, 7) is 8.20. The van der Waals surface area contributed by atoms with Gasteiger partial charge in [0.1, 0.15) is 11.4 Å². The van der Waals surface area contributed by atoms with Crippen molar-refractivity contribution in [3.8, 4) is 5.75 Å². The summed E-state index contributed by atoms with van der Waals surface area (Å²) in [6.07, 6.45) is 3.23. The van der Waals surface area contributed by atoms with Gasteiger partial charge in [-0.05, 0) is 49.9 Å². The zero-order chi connectivity index (χ0) is 20.8. The van der Waals surface area contributed by atoms with Gasteiger partial charge in [0.15, 0.2) is 5.78 Å².